The van der Waals surface area contributed by atoms with Gasteiger partial charge in [-0.15, -0.1) is 5.10 Å². The monoisotopic (exact) mass is 664 g/mol. The largest absolute Gasteiger partial charge is 0.388 e. The van der Waals surface area contributed by atoms with Crippen LogP contribution in [0.3, 0.4) is 0 Å². The van der Waals surface area contributed by atoms with E-state index in [1.165, 1.54) is 11.8 Å². The number of nitrogens with one attached hydrogen (secondary N) is 1. The van der Waals surface area contributed by atoms with Crippen molar-refractivity contribution < 1.29 is 34.3 Å². The Balaban J connectivity index is 1.32. The van der Waals surface area contributed by atoms with E-state index in [1.807, 2.05) is 83.1 Å². The maximum atomic E-state index is 13.1. The van der Waals surface area contributed by atoms with Crippen LogP contribution < -0.4 is 10.2 Å². The van der Waals surface area contributed by atoms with E-state index in [4.69, 9.17) is 14.2 Å². The number of benzene rings is 2. The maximum absolute atomic E-state index is 13.1. The van der Waals surface area contributed by atoms with Crippen molar-refractivity contribution in [1.29, 1.82) is 5.26 Å². The molecule has 13 nitrogen and oxygen atoms in total. The maximum Gasteiger partial charge on any atom is 0.262 e. The number of carbonyl (C=O) groups excluding carboxylic acids is 1. The molecule has 1 fully saturated rings. The predicted molar refractivity (Wildman–Crippen MR) is 181 cm³/mol. The van der Waals surface area contributed by atoms with Crippen molar-refractivity contribution in [1.82, 2.24) is 20.3 Å². The number of nitriles is 1. The molecule has 6 atom stereocenters. The van der Waals surface area contributed by atoms with Crippen LogP contribution in [0.5, 0.6) is 0 Å². The fourth-order valence-corrected chi connectivity index (χ4v) is 5.54. The number of anilines is 1. The van der Waals surface area contributed by atoms with Gasteiger partial charge >= 0.3 is 0 Å². The van der Waals surface area contributed by atoms with Gasteiger partial charge in [-0.3, -0.25) is 4.79 Å². The third-order valence-electron chi connectivity index (χ3n) is 8.83. The highest BCUT2D eigenvalue weighted by Crippen LogP contribution is 2.26. The lowest BCUT2D eigenvalue weighted by Crippen LogP contribution is -2.58. The number of ether oxygens (including phenoxy) is 3. The molecule has 1 aliphatic rings. The van der Waals surface area contributed by atoms with Crippen LogP contribution in [0, 0.1) is 11.3 Å². The summed E-state index contributed by atoms with van der Waals surface area (Å²) in [5, 5.41) is 53.8. The Morgan fingerprint density at radius 1 is 1.12 bits per heavy atom. The highest BCUT2D eigenvalue weighted by molar-refractivity contribution is 6.02. The number of methoxy groups -OCH3 is 1. The molecule has 4 rings (SSSR count). The lowest BCUT2D eigenvalue weighted by atomic mass is 9.96. The quantitative estimate of drug-likeness (QED) is 0.147. The molecule has 48 heavy (non-hydrogen) atoms. The molecule has 0 radical (unpaired) electrons. The number of rotatable bonds is 14. The second-order valence-electron chi connectivity index (χ2n) is 13.5. The second kappa shape index (κ2) is 15.5. The summed E-state index contributed by atoms with van der Waals surface area (Å²) in [6.07, 6.45) is -1.11. The van der Waals surface area contributed by atoms with E-state index in [-0.39, 0.29) is 12.1 Å². The van der Waals surface area contributed by atoms with Crippen molar-refractivity contribution in [2.45, 2.75) is 95.3 Å². The van der Waals surface area contributed by atoms with Gasteiger partial charge in [0.05, 0.1) is 17.8 Å². The van der Waals surface area contributed by atoms with Crippen molar-refractivity contribution in [2.75, 3.05) is 32.7 Å². The second-order valence-corrected chi connectivity index (χ2v) is 13.5. The molecule has 1 aromatic heterocycles. The summed E-state index contributed by atoms with van der Waals surface area (Å²) in [7, 11) is 5.33. The first-order chi connectivity index (χ1) is 22.7. The van der Waals surface area contributed by atoms with Crippen LogP contribution >= 0.6 is 0 Å². The molecule has 1 unspecified atom stereocenters. The van der Waals surface area contributed by atoms with E-state index in [0.717, 1.165) is 22.0 Å². The summed E-state index contributed by atoms with van der Waals surface area (Å²) in [5.74, 6) is -0.452. The number of hydrogen-bond acceptors (Lipinski definition) is 11. The summed E-state index contributed by atoms with van der Waals surface area (Å²) in [5.41, 5.74) is 1.30. The van der Waals surface area contributed by atoms with E-state index in [0.29, 0.717) is 31.6 Å². The smallest absolute Gasteiger partial charge is 0.262 e. The van der Waals surface area contributed by atoms with E-state index in [1.54, 1.807) is 12.3 Å². The molecule has 1 aliphatic heterocycles. The van der Waals surface area contributed by atoms with Crippen LogP contribution in [0.1, 0.15) is 51.8 Å². The van der Waals surface area contributed by atoms with Crippen LogP contribution in [0.2, 0.25) is 0 Å². The molecule has 0 spiro atoms. The number of aliphatic hydroxyl groups is 3. The Hall–Kier alpha value is -3.90. The number of hydrogen-bond donors (Lipinski definition) is 4. The third kappa shape index (κ3) is 9.16. The summed E-state index contributed by atoms with van der Waals surface area (Å²) >= 11 is 0. The number of amides is 1. The van der Waals surface area contributed by atoms with Gasteiger partial charge in [0, 0.05) is 51.7 Å². The molecule has 1 amide bonds. The molecular formula is C35H48N6O7. The molecule has 13 heteroatoms. The average molecular weight is 665 g/mol. The van der Waals surface area contributed by atoms with E-state index >= 15 is 0 Å². The number of aromatic nitrogens is 3. The first-order valence-electron chi connectivity index (χ1n) is 16.1. The molecule has 3 aromatic rings. The van der Waals surface area contributed by atoms with Gasteiger partial charge in [0.2, 0.25) is 0 Å². The SMILES string of the molecule is CCC(C)(Cc1cn(C[C@H]2O[C@H](OC)[C@H](O)[C@@H](O)[C@@H]2O)nn1)OCCC(C)(C)NC(=O)/C(C#N)=C/c1ccc2cc(N(C)C)ccc2c1. The molecule has 0 saturated carbocycles. The first kappa shape index (κ1) is 36.9. The molecule has 2 heterocycles. The van der Waals surface area contributed by atoms with Crippen LogP contribution in [0.25, 0.3) is 16.8 Å². The minimum atomic E-state index is -1.42. The van der Waals surface area contributed by atoms with Crippen LogP contribution in [-0.4, -0.2) is 106 Å². The van der Waals surface area contributed by atoms with Gasteiger partial charge in [-0.05, 0) is 74.2 Å². The Labute approximate surface area is 281 Å². The summed E-state index contributed by atoms with van der Waals surface area (Å²) in [4.78, 5) is 15.2. The summed E-state index contributed by atoms with van der Waals surface area (Å²) < 4.78 is 18.5. The number of aliphatic hydroxyl groups excluding tert-OH is 3. The summed E-state index contributed by atoms with van der Waals surface area (Å²) in [6, 6.07) is 14.0. The minimum absolute atomic E-state index is 0.0179. The molecule has 0 bridgehead atoms. The number of nitrogens with zero attached hydrogens (tertiary/aromatic N) is 5. The number of carbonyl (C=O) groups is 1. The minimum Gasteiger partial charge on any atom is -0.388 e. The highest BCUT2D eigenvalue weighted by Gasteiger charge is 2.44. The molecular weight excluding hydrogens is 616 g/mol. The Morgan fingerprint density at radius 3 is 2.50 bits per heavy atom. The fourth-order valence-electron chi connectivity index (χ4n) is 5.54. The molecule has 4 N–H and O–H groups in total. The van der Waals surface area contributed by atoms with Gasteiger partial charge in [0.1, 0.15) is 36.1 Å². The molecule has 260 valence electrons. The van der Waals surface area contributed by atoms with Gasteiger partial charge < -0.3 is 39.7 Å². The van der Waals surface area contributed by atoms with Crippen LogP contribution in [0.15, 0.2) is 48.2 Å². The van der Waals surface area contributed by atoms with Crippen LogP contribution in [-0.2, 0) is 32.0 Å². The number of fused-ring (bicyclic) bond motifs is 1. The topological polar surface area (TPSA) is 175 Å². The Morgan fingerprint density at radius 2 is 1.83 bits per heavy atom. The van der Waals surface area contributed by atoms with Crippen molar-refractivity contribution in [3.8, 4) is 6.07 Å². The fraction of sp³-hybridized carbons (Fsp3) is 0.543. The van der Waals surface area contributed by atoms with E-state index in [9.17, 15) is 25.4 Å². The highest BCUT2D eigenvalue weighted by atomic mass is 16.7. The normalized spacial score (nSPS) is 23.0. The van der Waals surface area contributed by atoms with Crippen molar-refractivity contribution in [3.05, 3.63) is 59.4 Å². The standard InChI is InChI=1S/C35H48N6O7/c1-8-35(4,18-26-20-41(39-38-26)21-28-29(42)30(43)31(44)33(46-7)48-28)47-14-13-34(2,3)37-32(45)25(19-36)16-22-9-10-24-17-27(40(5)6)12-11-23(24)15-22/h9-12,15-17,20,28-31,33,42-44H,8,13-14,18,21H2,1-7H3,(H,37,45)/b25-16+/t28-,29-,30+,31-,33+,35?/m1/s1. The lowest BCUT2D eigenvalue weighted by molar-refractivity contribution is -0.292. The zero-order valence-electron chi connectivity index (χ0n) is 28.8. The molecule has 2 aromatic carbocycles. The van der Waals surface area contributed by atoms with Gasteiger partial charge in [-0.25, -0.2) is 4.68 Å². The van der Waals surface area contributed by atoms with E-state index in [2.05, 4.69) is 21.7 Å². The van der Waals surface area contributed by atoms with E-state index < -0.39 is 47.8 Å². The van der Waals surface area contributed by atoms with Crippen molar-refractivity contribution in [3.63, 3.8) is 0 Å². The third-order valence-corrected chi connectivity index (χ3v) is 8.83. The Bertz CT molecular complexity index is 1630. The predicted octanol–water partition coefficient (Wildman–Crippen LogP) is 2.57. The Kier molecular flexibility index (Phi) is 12.0. The average Bonchev–Trinajstić information content (AvgIpc) is 3.48. The van der Waals surface area contributed by atoms with Crippen LogP contribution in [0.4, 0.5) is 5.69 Å². The zero-order chi connectivity index (χ0) is 35.2. The van der Waals surface area contributed by atoms with Gasteiger partial charge in [0.15, 0.2) is 6.29 Å². The van der Waals surface area contributed by atoms with Gasteiger partial charge in [-0.1, -0.05) is 30.3 Å². The van der Waals surface area contributed by atoms with Gasteiger partial charge in [0.25, 0.3) is 5.91 Å². The summed E-state index contributed by atoms with van der Waals surface area (Å²) in [6.45, 7) is 8.21. The lowest BCUT2D eigenvalue weighted by Gasteiger charge is -2.39. The zero-order valence-corrected chi connectivity index (χ0v) is 28.8. The molecule has 0 aliphatic carbocycles. The van der Waals surface area contributed by atoms with Crippen molar-refractivity contribution >= 4 is 28.4 Å². The van der Waals surface area contributed by atoms with Crippen molar-refractivity contribution in [2.24, 2.45) is 0 Å². The molecule has 1 saturated heterocycles. The van der Waals surface area contributed by atoms with Gasteiger partial charge in [-0.2, -0.15) is 5.26 Å². The first-order valence-corrected chi connectivity index (χ1v) is 16.1.